The standard InChI is InChI=1S/C11H5ClFN5O2/c12-11-14-5-8(13)10(16-11)17-9-3-7(18(19)20)2-1-6(9)4-15-17/h1-5H. The number of fused-ring (bicyclic) bond motifs is 1. The van der Waals surface area contributed by atoms with E-state index in [2.05, 4.69) is 15.1 Å². The molecule has 7 nitrogen and oxygen atoms in total. The van der Waals surface area contributed by atoms with Crippen molar-refractivity contribution in [2.75, 3.05) is 0 Å². The predicted molar refractivity (Wildman–Crippen MR) is 68.3 cm³/mol. The van der Waals surface area contributed by atoms with Crippen LogP contribution in [0.15, 0.2) is 30.6 Å². The van der Waals surface area contributed by atoms with Gasteiger partial charge in [0.05, 0.1) is 22.8 Å². The first kappa shape index (κ1) is 12.4. The highest BCUT2D eigenvalue weighted by Crippen LogP contribution is 2.23. The van der Waals surface area contributed by atoms with Crippen molar-refractivity contribution in [2.24, 2.45) is 0 Å². The lowest BCUT2D eigenvalue weighted by Crippen LogP contribution is -2.04. The Kier molecular flexibility index (Phi) is 2.79. The van der Waals surface area contributed by atoms with Gasteiger partial charge in [0.2, 0.25) is 5.28 Å². The summed E-state index contributed by atoms with van der Waals surface area (Å²) in [5.41, 5.74) is 0.229. The molecule has 0 aliphatic rings. The molecule has 20 heavy (non-hydrogen) atoms. The second-order valence-corrected chi connectivity index (χ2v) is 4.21. The largest absolute Gasteiger partial charge is 0.271 e. The van der Waals surface area contributed by atoms with E-state index in [1.165, 1.54) is 24.4 Å². The lowest BCUT2D eigenvalue weighted by molar-refractivity contribution is -0.384. The first-order valence-electron chi connectivity index (χ1n) is 5.37. The van der Waals surface area contributed by atoms with E-state index in [0.29, 0.717) is 10.9 Å². The average molecular weight is 294 g/mol. The molecule has 0 saturated heterocycles. The molecule has 9 heteroatoms. The van der Waals surface area contributed by atoms with Gasteiger partial charge in [0, 0.05) is 17.5 Å². The van der Waals surface area contributed by atoms with Crippen molar-refractivity contribution in [1.29, 1.82) is 0 Å². The van der Waals surface area contributed by atoms with Crippen molar-refractivity contribution in [3.05, 3.63) is 51.8 Å². The van der Waals surface area contributed by atoms with Crippen LogP contribution in [0.5, 0.6) is 0 Å². The summed E-state index contributed by atoms with van der Waals surface area (Å²) in [6, 6.07) is 4.16. The number of halogens is 2. The number of nitro benzene ring substituents is 1. The normalized spacial score (nSPS) is 10.9. The van der Waals surface area contributed by atoms with E-state index in [9.17, 15) is 14.5 Å². The third-order valence-electron chi connectivity index (χ3n) is 2.66. The molecule has 0 aliphatic carbocycles. The van der Waals surface area contributed by atoms with Gasteiger partial charge in [0.15, 0.2) is 11.6 Å². The second-order valence-electron chi connectivity index (χ2n) is 3.87. The first-order valence-corrected chi connectivity index (χ1v) is 5.74. The number of hydrogen-bond acceptors (Lipinski definition) is 5. The molecular formula is C11H5ClFN5O2. The lowest BCUT2D eigenvalue weighted by Gasteiger charge is -2.03. The van der Waals surface area contributed by atoms with Gasteiger partial charge in [0.1, 0.15) is 0 Å². The van der Waals surface area contributed by atoms with E-state index in [1.54, 1.807) is 0 Å². The summed E-state index contributed by atoms with van der Waals surface area (Å²) in [6.45, 7) is 0. The molecule has 2 aromatic heterocycles. The van der Waals surface area contributed by atoms with Gasteiger partial charge in [-0.2, -0.15) is 10.1 Å². The van der Waals surface area contributed by atoms with Crippen LogP contribution in [0.1, 0.15) is 0 Å². The van der Waals surface area contributed by atoms with Crippen LogP contribution in [-0.4, -0.2) is 24.7 Å². The Morgan fingerprint density at radius 3 is 2.90 bits per heavy atom. The first-order chi connectivity index (χ1) is 9.56. The third kappa shape index (κ3) is 1.95. The zero-order valence-electron chi connectivity index (χ0n) is 9.70. The summed E-state index contributed by atoms with van der Waals surface area (Å²) >= 11 is 5.63. The van der Waals surface area contributed by atoms with Crippen molar-refractivity contribution in [3.63, 3.8) is 0 Å². The minimum Gasteiger partial charge on any atom is -0.258 e. The number of benzene rings is 1. The molecule has 0 amide bonds. The van der Waals surface area contributed by atoms with E-state index in [0.717, 1.165) is 10.9 Å². The van der Waals surface area contributed by atoms with Gasteiger partial charge in [0.25, 0.3) is 5.69 Å². The van der Waals surface area contributed by atoms with Gasteiger partial charge < -0.3 is 0 Å². The molecule has 0 N–H and O–H groups in total. The zero-order valence-corrected chi connectivity index (χ0v) is 10.5. The van der Waals surface area contributed by atoms with E-state index < -0.39 is 10.7 Å². The van der Waals surface area contributed by atoms with E-state index in [1.807, 2.05) is 0 Å². The zero-order chi connectivity index (χ0) is 14.3. The summed E-state index contributed by atoms with van der Waals surface area (Å²) in [5, 5.41) is 15.2. The van der Waals surface area contributed by atoms with Gasteiger partial charge in [-0.05, 0) is 17.7 Å². The minimum absolute atomic E-state index is 0.125. The van der Waals surface area contributed by atoms with Crippen LogP contribution in [0.25, 0.3) is 16.7 Å². The molecule has 0 spiro atoms. The summed E-state index contributed by atoms with van der Waals surface area (Å²) in [7, 11) is 0. The fraction of sp³-hybridized carbons (Fsp3) is 0. The minimum atomic E-state index is -0.731. The molecule has 1 aromatic carbocycles. The Balaban J connectivity index is 2.28. The van der Waals surface area contributed by atoms with Gasteiger partial charge in [-0.25, -0.2) is 14.1 Å². The fourth-order valence-corrected chi connectivity index (χ4v) is 1.90. The highest BCUT2D eigenvalue weighted by atomic mass is 35.5. The molecule has 0 bridgehead atoms. The van der Waals surface area contributed by atoms with E-state index >= 15 is 0 Å². The van der Waals surface area contributed by atoms with Crippen LogP contribution in [0, 0.1) is 15.9 Å². The monoisotopic (exact) mass is 293 g/mol. The average Bonchev–Trinajstić information content (AvgIpc) is 2.84. The van der Waals surface area contributed by atoms with Gasteiger partial charge in [-0.3, -0.25) is 10.1 Å². The molecule has 0 atom stereocenters. The summed E-state index contributed by atoms with van der Waals surface area (Å²) in [5.74, 6) is -0.897. The van der Waals surface area contributed by atoms with Crippen LogP contribution in [0.4, 0.5) is 10.1 Å². The topological polar surface area (TPSA) is 86.7 Å². The van der Waals surface area contributed by atoms with Crippen molar-refractivity contribution in [2.45, 2.75) is 0 Å². The molecule has 3 aromatic rings. The molecular weight excluding hydrogens is 289 g/mol. The van der Waals surface area contributed by atoms with Crippen molar-refractivity contribution < 1.29 is 9.31 Å². The molecule has 0 radical (unpaired) electrons. The van der Waals surface area contributed by atoms with Gasteiger partial charge in [-0.15, -0.1) is 0 Å². The van der Waals surface area contributed by atoms with Crippen LogP contribution in [0.3, 0.4) is 0 Å². The number of rotatable bonds is 2. The maximum atomic E-state index is 13.7. The van der Waals surface area contributed by atoms with Crippen LogP contribution in [0.2, 0.25) is 5.28 Å². The summed E-state index contributed by atoms with van der Waals surface area (Å²) < 4.78 is 14.9. The van der Waals surface area contributed by atoms with E-state index in [-0.39, 0.29) is 16.8 Å². The van der Waals surface area contributed by atoms with Crippen LogP contribution < -0.4 is 0 Å². The number of nitrogens with zero attached hydrogens (tertiary/aromatic N) is 5. The highest BCUT2D eigenvalue weighted by molar-refractivity contribution is 6.28. The van der Waals surface area contributed by atoms with Crippen molar-refractivity contribution in [1.82, 2.24) is 19.7 Å². The van der Waals surface area contributed by atoms with E-state index in [4.69, 9.17) is 11.6 Å². The Morgan fingerprint density at radius 2 is 2.15 bits per heavy atom. The molecule has 0 unspecified atom stereocenters. The van der Waals surface area contributed by atoms with Gasteiger partial charge >= 0.3 is 0 Å². The molecule has 100 valence electrons. The fourth-order valence-electron chi connectivity index (χ4n) is 1.77. The lowest BCUT2D eigenvalue weighted by atomic mass is 10.2. The highest BCUT2D eigenvalue weighted by Gasteiger charge is 2.15. The Labute approximate surface area is 115 Å². The quantitative estimate of drug-likeness (QED) is 0.411. The number of nitro groups is 1. The van der Waals surface area contributed by atoms with Crippen molar-refractivity contribution >= 4 is 28.2 Å². The third-order valence-corrected chi connectivity index (χ3v) is 2.84. The second kappa shape index (κ2) is 4.49. The Morgan fingerprint density at radius 1 is 1.35 bits per heavy atom. The summed E-state index contributed by atoms with van der Waals surface area (Å²) in [6.07, 6.45) is 2.37. The molecule has 2 heterocycles. The predicted octanol–water partition coefficient (Wildman–Crippen LogP) is 2.52. The smallest absolute Gasteiger partial charge is 0.258 e. The molecule has 3 rings (SSSR count). The van der Waals surface area contributed by atoms with Crippen LogP contribution >= 0.6 is 11.6 Å². The molecule has 0 saturated carbocycles. The van der Waals surface area contributed by atoms with Crippen molar-refractivity contribution in [3.8, 4) is 5.82 Å². The SMILES string of the molecule is O=[N+]([O-])c1ccc2cnn(-c3nc(Cl)ncc3F)c2c1. The number of hydrogen-bond donors (Lipinski definition) is 0. The summed E-state index contributed by atoms with van der Waals surface area (Å²) in [4.78, 5) is 17.5. The van der Waals surface area contributed by atoms with Gasteiger partial charge in [-0.1, -0.05) is 0 Å². The molecule has 0 aliphatic heterocycles. The molecule has 0 fully saturated rings. The number of non-ortho nitro benzene ring substituents is 1. The van der Waals surface area contributed by atoms with Crippen LogP contribution in [-0.2, 0) is 0 Å². The Bertz CT molecular complexity index is 835. The Hall–Kier alpha value is -2.61. The number of aromatic nitrogens is 4. The maximum absolute atomic E-state index is 13.7. The maximum Gasteiger partial charge on any atom is 0.271 e.